The van der Waals surface area contributed by atoms with E-state index in [-0.39, 0.29) is 17.5 Å². The maximum atomic E-state index is 8.75. The monoisotopic (exact) mass is 667 g/mol. The number of hydrogen-bond donors (Lipinski definition) is 0. The fourth-order valence-corrected chi connectivity index (χ4v) is 8.23. The topological polar surface area (TPSA) is 34.8 Å². The second-order valence-corrected chi connectivity index (χ2v) is 14.4. The Balaban J connectivity index is 1.46. The van der Waals surface area contributed by atoms with E-state index >= 15 is 0 Å². The molecule has 9 aromatic rings. The molecule has 4 heteroatoms. The summed E-state index contributed by atoms with van der Waals surface area (Å²) in [5.74, 6) is 1.28. The van der Waals surface area contributed by atoms with Crippen LogP contribution in [0.4, 0.5) is 0 Å². The number of furan rings is 1. The summed E-state index contributed by atoms with van der Waals surface area (Å²) in [5, 5.41) is 5.53. The summed E-state index contributed by atoms with van der Waals surface area (Å²) in [6.07, 6.45) is 0. The number of hydrogen-bond acceptors (Lipinski definition) is 2. The van der Waals surface area contributed by atoms with Crippen molar-refractivity contribution in [2.24, 2.45) is 7.05 Å². The molecular formula is C47H42N3O+. The van der Waals surface area contributed by atoms with Crippen LogP contribution in [0.3, 0.4) is 0 Å². The molecule has 0 atom stereocenters. The third-order valence-corrected chi connectivity index (χ3v) is 10.7. The average molecular weight is 668 g/mol. The predicted molar refractivity (Wildman–Crippen MR) is 213 cm³/mol. The van der Waals surface area contributed by atoms with Crippen LogP contribution in [0.2, 0.25) is 0 Å². The second kappa shape index (κ2) is 11.7. The average Bonchev–Trinajstić information content (AvgIpc) is 3.69. The summed E-state index contributed by atoms with van der Waals surface area (Å²) in [4.78, 5) is 5.01. The minimum atomic E-state index is -2.48. The number of fused-ring (bicyclic) bond motifs is 8. The van der Waals surface area contributed by atoms with Gasteiger partial charge in [-0.25, -0.2) is 4.57 Å². The maximum Gasteiger partial charge on any atom is 0.300 e. The van der Waals surface area contributed by atoms with Gasteiger partial charge in [-0.15, -0.1) is 0 Å². The Bertz CT molecular complexity index is 2920. The Hall–Kier alpha value is -5.74. The van der Waals surface area contributed by atoms with Crippen LogP contribution >= 0.6 is 0 Å². The molecule has 0 bridgehead atoms. The molecule has 0 fully saturated rings. The molecule has 0 radical (unpaired) electrons. The van der Waals surface area contributed by atoms with Crippen LogP contribution in [0.1, 0.15) is 66.2 Å². The minimum Gasteiger partial charge on any atom is -0.455 e. The molecule has 51 heavy (non-hydrogen) atoms. The van der Waals surface area contributed by atoms with Crippen LogP contribution in [0.5, 0.6) is 0 Å². The van der Waals surface area contributed by atoms with Crippen molar-refractivity contribution >= 4 is 54.5 Å². The molecular weight excluding hydrogens is 623 g/mol. The summed E-state index contributed by atoms with van der Waals surface area (Å²) in [7, 11) is 2.09. The normalized spacial score (nSPS) is 13.3. The Kier molecular flexibility index (Phi) is 6.41. The Morgan fingerprint density at radius 3 is 2.12 bits per heavy atom. The number of rotatable bonds is 5. The van der Waals surface area contributed by atoms with Gasteiger partial charge < -0.3 is 4.42 Å². The third kappa shape index (κ3) is 4.66. The number of aromatic nitrogens is 3. The number of benzene rings is 6. The molecule has 6 aromatic carbocycles. The van der Waals surface area contributed by atoms with Gasteiger partial charge in [0, 0.05) is 26.3 Å². The number of para-hydroxylation sites is 2. The summed E-state index contributed by atoms with van der Waals surface area (Å²) >= 11 is 0. The zero-order valence-corrected chi connectivity index (χ0v) is 29.9. The van der Waals surface area contributed by atoms with Crippen molar-refractivity contribution in [2.45, 2.75) is 53.3 Å². The lowest BCUT2D eigenvalue weighted by Crippen LogP contribution is -2.31. The van der Waals surface area contributed by atoms with Gasteiger partial charge >= 0.3 is 5.82 Å². The molecule has 0 aliphatic carbocycles. The smallest absolute Gasteiger partial charge is 0.300 e. The number of aryl methyl sites for hydroxylation is 3. The van der Waals surface area contributed by atoms with Crippen molar-refractivity contribution in [1.29, 1.82) is 0 Å². The van der Waals surface area contributed by atoms with E-state index < -0.39 is 6.85 Å². The highest BCUT2D eigenvalue weighted by Crippen LogP contribution is 2.45. The molecule has 9 rings (SSSR count). The van der Waals surface area contributed by atoms with Crippen molar-refractivity contribution in [2.75, 3.05) is 0 Å². The van der Waals surface area contributed by atoms with Gasteiger partial charge in [0.15, 0.2) is 16.6 Å². The Morgan fingerprint density at radius 2 is 1.37 bits per heavy atom. The van der Waals surface area contributed by atoms with Crippen LogP contribution in [0.15, 0.2) is 120 Å². The van der Waals surface area contributed by atoms with E-state index in [1.807, 2.05) is 25.1 Å². The van der Waals surface area contributed by atoms with E-state index in [2.05, 4.69) is 141 Å². The molecule has 0 saturated carbocycles. The molecule has 4 nitrogen and oxygen atoms in total. The van der Waals surface area contributed by atoms with Crippen LogP contribution in [0.25, 0.3) is 82.7 Å². The largest absolute Gasteiger partial charge is 0.455 e. The quantitative estimate of drug-likeness (QED) is 0.135. The van der Waals surface area contributed by atoms with Crippen LogP contribution in [0, 0.1) is 13.8 Å². The zero-order chi connectivity index (χ0) is 37.6. The molecule has 0 aliphatic heterocycles. The van der Waals surface area contributed by atoms with Gasteiger partial charge in [0.1, 0.15) is 16.8 Å². The number of pyridine rings is 1. The molecule has 0 spiro atoms. The Labute approximate surface area is 302 Å². The summed E-state index contributed by atoms with van der Waals surface area (Å²) in [6.45, 7) is 8.46. The molecule has 0 unspecified atom stereocenters. The minimum absolute atomic E-state index is 0.0569. The SMILES string of the molecule is [2H]C([2H])([2H])c1nc(C)c(-c2n(-c3c(C(C)C)cc(-c4ccccc4)cc3C(C)C)c3ccccc3[n+]2C)c2oc3ccc4c5ccccc5ccc4c3c12. The van der Waals surface area contributed by atoms with Gasteiger partial charge in [0.05, 0.1) is 18.1 Å². The molecule has 0 N–H and O–H groups in total. The van der Waals surface area contributed by atoms with Crippen LogP contribution in [-0.2, 0) is 7.05 Å². The zero-order valence-electron chi connectivity index (χ0n) is 32.9. The summed E-state index contributed by atoms with van der Waals surface area (Å²) in [5.41, 5.74) is 10.6. The highest BCUT2D eigenvalue weighted by atomic mass is 16.3. The maximum absolute atomic E-state index is 8.75. The van der Waals surface area contributed by atoms with Crippen molar-refractivity contribution in [3.8, 4) is 28.2 Å². The van der Waals surface area contributed by atoms with E-state index in [0.717, 1.165) is 55.0 Å². The summed E-state index contributed by atoms with van der Waals surface area (Å²) in [6, 6.07) is 40.3. The van der Waals surface area contributed by atoms with Gasteiger partial charge in [0.2, 0.25) is 0 Å². The molecule has 3 heterocycles. The van der Waals surface area contributed by atoms with E-state index in [1.165, 1.54) is 22.3 Å². The first-order valence-electron chi connectivity index (χ1n) is 19.3. The first-order valence-corrected chi connectivity index (χ1v) is 17.8. The highest BCUT2D eigenvalue weighted by molar-refractivity contribution is 6.25. The first kappa shape index (κ1) is 28.0. The van der Waals surface area contributed by atoms with Gasteiger partial charge in [-0.3, -0.25) is 4.98 Å². The number of nitrogens with zero attached hydrogens (tertiary/aromatic N) is 3. The van der Waals surface area contributed by atoms with Crippen LogP contribution in [-0.4, -0.2) is 9.55 Å². The van der Waals surface area contributed by atoms with Crippen molar-refractivity contribution in [1.82, 2.24) is 9.55 Å². The standard InChI is InChI=1S/C47H42N3O/c1-27(2)37-25-33(31-15-9-8-10-16-31)26-38(28(3)4)45(37)50-40-20-14-13-19-39(40)49(7)47(50)43-30(6)48-29(5)42-44-36-22-21-32-17-11-12-18-34(32)35(36)23-24-41(44)51-46(42)43/h8-28H,1-7H3/q+1/i5D3. The van der Waals surface area contributed by atoms with Crippen LogP contribution < -0.4 is 4.57 Å². The van der Waals surface area contributed by atoms with E-state index in [9.17, 15) is 0 Å². The van der Waals surface area contributed by atoms with E-state index in [4.69, 9.17) is 13.5 Å². The summed E-state index contributed by atoms with van der Waals surface area (Å²) < 4.78 is 37.8. The van der Waals surface area contributed by atoms with Gasteiger partial charge in [0.25, 0.3) is 0 Å². The van der Waals surface area contributed by atoms with Crippen molar-refractivity contribution in [3.63, 3.8) is 0 Å². The molecule has 250 valence electrons. The van der Waals surface area contributed by atoms with Crippen molar-refractivity contribution < 1.29 is 13.1 Å². The van der Waals surface area contributed by atoms with E-state index in [0.29, 0.717) is 22.2 Å². The fourth-order valence-electron chi connectivity index (χ4n) is 8.23. The number of imidazole rings is 1. The first-order chi connectivity index (χ1) is 25.9. The van der Waals surface area contributed by atoms with Gasteiger partial charge in [-0.05, 0) is 88.6 Å². The van der Waals surface area contributed by atoms with Gasteiger partial charge in [-0.1, -0.05) is 113 Å². The fraction of sp³-hybridized carbons (Fsp3) is 0.191. The van der Waals surface area contributed by atoms with E-state index in [1.54, 1.807) is 0 Å². The second-order valence-electron chi connectivity index (χ2n) is 14.4. The predicted octanol–water partition coefficient (Wildman–Crippen LogP) is 12.3. The Morgan fingerprint density at radius 1 is 0.686 bits per heavy atom. The lowest BCUT2D eigenvalue weighted by Gasteiger charge is -2.21. The molecule has 0 saturated heterocycles. The molecule has 0 amide bonds. The highest BCUT2D eigenvalue weighted by Gasteiger charge is 2.35. The lowest BCUT2D eigenvalue weighted by atomic mass is 9.88. The molecule has 0 aliphatic rings. The van der Waals surface area contributed by atoms with Crippen molar-refractivity contribution in [3.05, 3.63) is 138 Å². The third-order valence-electron chi connectivity index (χ3n) is 10.7. The van der Waals surface area contributed by atoms with Gasteiger partial charge in [-0.2, -0.15) is 4.57 Å². The molecule has 3 aromatic heterocycles. The lowest BCUT2D eigenvalue weighted by molar-refractivity contribution is -0.633.